The van der Waals surface area contributed by atoms with Crippen molar-refractivity contribution in [2.24, 2.45) is 0 Å². The maximum Gasteiger partial charge on any atom is 0.119 e. The van der Waals surface area contributed by atoms with Crippen molar-refractivity contribution in [1.29, 1.82) is 0 Å². The van der Waals surface area contributed by atoms with Crippen molar-refractivity contribution in [3.63, 3.8) is 0 Å². The largest absolute Gasteiger partial charge is 0.497 e. The predicted molar refractivity (Wildman–Crippen MR) is 60.1 cm³/mol. The molecule has 2 nitrogen and oxygen atoms in total. The molecule has 1 N–H and O–H groups in total. The molecule has 0 fully saturated rings. The van der Waals surface area contributed by atoms with Crippen molar-refractivity contribution in [3.05, 3.63) is 24.3 Å². The number of methoxy groups -OCH3 is 1. The molecule has 1 aromatic rings. The smallest absolute Gasteiger partial charge is 0.119 e. The van der Waals surface area contributed by atoms with Crippen molar-refractivity contribution < 1.29 is 4.74 Å². The zero-order valence-electron chi connectivity index (χ0n) is 7.17. The topological polar surface area (TPSA) is 21.3 Å². The molecule has 0 radical (unpaired) electrons. The zero-order chi connectivity index (χ0) is 8.97. The summed E-state index contributed by atoms with van der Waals surface area (Å²) in [6.07, 6.45) is 0. The molecule has 0 bridgehead atoms. The van der Waals surface area contributed by atoms with E-state index in [1.807, 2.05) is 24.3 Å². The Kier molecular flexibility index (Phi) is 3.65. The van der Waals surface area contributed by atoms with E-state index in [1.165, 1.54) is 0 Å². The van der Waals surface area contributed by atoms with Gasteiger partial charge in [0, 0.05) is 5.69 Å². The molecule has 0 amide bonds. The third kappa shape index (κ3) is 2.89. The van der Waals surface area contributed by atoms with Crippen molar-refractivity contribution >= 4 is 28.3 Å². The first-order valence-corrected chi connectivity index (χ1v) is 5.01. The van der Waals surface area contributed by atoms with E-state index in [1.54, 1.807) is 7.11 Å². The van der Waals surface area contributed by atoms with E-state index in [9.17, 15) is 0 Å². The van der Waals surface area contributed by atoms with Crippen molar-refractivity contribution in [2.75, 3.05) is 12.4 Å². The number of hydrogen-bond acceptors (Lipinski definition) is 2. The second-order valence-electron chi connectivity index (χ2n) is 2.49. The predicted octanol–water partition coefficient (Wildman–Crippen LogP) is 2.89. The number of halogens is 1. The maximum absolute atomic E-state index is 5.04. The summed E-state index contributed by atoms with van der Waals surface area (Å²) < 4.78 is 5.49. The fourth-order valence-electron chi connectivity index (χ4n) is 0.917. The number of alkyl halides is 1. The van der Waals surface area contributed by atoms with Crippen LogP contribution >= 0.6 is 22.6 Å². The van der Waals surface area contributed by atoms with Crippen LogP contribution in [-0.4, -0.2) is 11.2 Å². The maximum atomic E-state index is 5.04. The lowest BCUT2D eigenvalue weighted by Crippen LogP contribution is -2.05. The normalized spacial score (nSPS) is 12.2. The Morgan fingerprint density at radius 1 is 1.33 bits per heavy atom. The lowest BCUT2D eigenvalue weighted by atomic mass is 10.3. The first-order chi connectivity index (χ1) is 5.72. The summed E-state index contributed by atoms with van der Waals surface area (Å²) in [5.41, 5.74) is 1.12. The van der Waals surface area contributed by atoms with E-state index in [4.69, 9.17) is 4.74 Å². The average Bonchev–Trinajstić information content (AvgIpc) is 2.05. The van der Waals surface area contributed by atoms with Crippen molar-refractivity contribution in [3.8, 4) is 5.75 Å². The van der Waals surface area contributed by atoms with Crippen LogP contribution in [0.15, 0.2) is 24.3 Å². The van der Waals surface area contributed by atoms with Gasteiger partial charge in [0.15, 0.2) is 0 Å². The van der Waals surface area contributed by atoms with Gasteiger partial charge in [-0.25, -0.2) is 0 Å². The summed E-state index contributed by atoms with van der Waals surface area (Å²) in [6, 6.07) is 7.91. The SMILES string of the molecule is COc1ccc(NC(C)I)cc1. The Morgan fingerprint density at radius 3 is 2.33 bits per heavy atom. The molecule has 0 saturated carbocycles. The third-order valence-electron chi connectivity index (χ3n) is 1.46. The highest BCUT2D eigenvalue weighted by molar-refractivity contribution is 14.1. The van der Waals surface area contributed by atoms with Crippen LogP contribution in [0.25, 0.3) is 0 Å². The molecule has 0 saturated heterocycles. The van der Waals surface area contributed by atoms with Crippen LogP contribution in [-0.2, 0) is 0 Å². The van der Waals surface area contributed by atoms with E-state index in [0.29, 0.717) is 4.05 Å². The number of nitrogens with one attached hydrogen (secondary N) is 1. The molecule has 1 rings (SSSR count). The Bertz CT molecular complexity index is 233. The van der Waals surface area contributed by atoms with Gasteiger partial charge < -0.3 is 10.1 Å². The molecule has 3 heteroatoms. The van der Waals surface area contributed by atoms with Crippen molar-refractivity contribution in [2.45, 2.75) is 11.0 Å². The van der Waals surface area contributed by atoms with Crippen LogP contribution in [0.1, 0.15) is 6.92 Å². The molecule has 1 aromatic carbocycles. The molecule has 0 aliphatic heterocycles. The second-order valence-corrected chi connectivity index (χ2v) is 4.36. The monoisotopic (exact) mass is 277 g/mol. The van der Waals surface area contributed by atoms with Gasteiger partial charge in [-0.05, 0) is 31.2 Å². The fraction of sp³-hybridized carbons (Fsp3) is 0.333. The summed E-state index contributed by atoms with van der Waals surface area (Å²) in [4.78, 5) is 0. The Labute approximate surface area is 86.5 Å². The molecule has 1 unspecified atom stereocenters. The van der Waals surface area contributed by atoms with Crippen LogP contribution in [0.5, 0.6) is 5.75 Å². The summed E-state index contributed by atoms with van der Waals surface area (Å²) in [7, 11) is 1.67. The molecule has 1 atom stereocenters. The minimum absolute atomic E-state index is 0.441. The standard InChI is InChI=1S/C9H12INO/c1-7(10)11-8-3-5-9(12-2)6-4-8/h3-7,11H,1-2H3. The second kappa shape index (κ2) is 4.54. The van der Waals surface area contributed by atoms with Gasteiger partial charge >= 0.3 is 0 Å². The minimum atomic E-state index is 0.441. The van der Waals surface area contributed by atoms with Crippen LogP contribution in [0.4, 0.5) is 5.69 Å². The van der Waals surface area contributed by atoms with Crippen LogP contribution in [0, 0.1) is 0 Å². The number of hydrogen-bond donors (Lipinski definition) is 1. The Hall–Kier alpha value is -0.450. The number of anilines is 1. The van der Waals surface area contributed by atoms with Crippen LogP contribution in [0.3, 0.4) is 0 Å². The lowest BCUT2D eigenvalue weighted by Gasteiger charge is -2.08. The van der Waals surface area contributed by atoms with E-state index >= 15 is 0 Å². The van der Waals surface area contributed by atoms with Crippen LogP contribution in [0.2, 0.25) is 0 Å². The molecule has 0 heterocycles. The Balaban J connectivity index is 2.65. The quantitative estimate of drug-likeness (QED) is 0.521. The summed E-state index contributed by atoms with van der Waals surface area (Å²) in [5.74, 6) is 0.890. The van der Waals surface area contributed by atoms with Crippen LogP contribution < -0.4 is 10.1 Å². The van der Waals surface area contributed by atoms with Gasteiger partial charge in [-0.1, -0.05) is 22.6 Å². The van der Waals surface area contributed by atoms with Gasteiger partial charge in [-0.2, -0.15) is 0 Å². The number of ether oxygens (including phenoxy) is 1. The summed E-state index contributed by atoms with van der Waals surface area (Å²) >= 11 is 2.32. The van der Waals surface area contributed by atoms with Gasteiger partial charge in [0.05, 0.1) is 11.2 Å². The number of benzene rings is 1. The molecule has 0 aliphatic carbocycles. The van der Waals surface area contributed by atoms with E-state index in [-0.39, 0.29) is 0 Å². The lowest BCUT2D eigenvalue weighted by molar-refractivity contribution is 0.415. The van der Waals surface area contributed by atoms with E-state index in [2.05, 4.69) is 34.8 Å². The third-order valence-corrected chi connectivity index (χ3v) is 1.77. The summed E-state index contributed by atoms with van der Waals surface area (Å²) in [6.45, 7) is 2.10. The molecular formula is C9H12INO. The van der Waals surface area contributed by atoms with Gasteiger partial charge in [-0.3, -0.25) is 0 Å². The van der Waals surface area contributed by atoms with Gasteiger partial charge in [0.2, 0.25) is 0 Å². The number of rotatable bonds is 3. The first kappa shape index (κ1) is 9.64. The highest BCUT2D eigenvalue weighted by Gasteiger charge is 1.95. The minimum Gasteiger partial charge on any atom is -0.497 e. The van der Waals surface area contributed by atoms with Crippen molar-refractivity contribution in [1.82, 2.24) is 0 Å². The highest BCUT2D eigenvalue weighted by Crippen LogP contribution is 2.16. The highest BCUT2D eigenvalue weighted by atomic mass is 127. The molecule has 66 valence electrons. The first-order valence-electron chi connectivity index (χ1n) is 3.77. The molecule has 0 aromatic heterocycles. The molecule has 0 spiro atoms. The van der Waals surface area contributed by atoms with Gasteiger partial charge in [0.25, 0.3) is 0 Å². The fourth-order valence-corrected chi connectivity index (χ4v) is 1.28. The average molecular weight is 277 g/mol. The molecule has 0 aliphatic rings. The zero-order valence-corrected chi connectivity index (χ0v) is 9.33. The van der Waals surface area contributed by atoms with Gasteiger partial charge in [0.1, 0.15) is 5.75 Å². The van der Waals surface area contributed by atoms with Gasteiger partial charge in [-0.15, -0.1) is 0 Å². The molecular weight excluding hydrogens is 265 g/mol. The summed E-state index contributed by atoms with van der Waals surface area (Å²) in [5, 5.41) is 3.29. The van der Waals surface area contributed by atoms with E-state index < -0.39 is 0 Å². The Morgan fingerprint density at radius 2 is 1.92 bits per heavy atom. The van der Waals surface area contributed by atoms with E-state index in [0.717, 1.165) is 11.4 Å². The molecule has 12 heavy (non-hydrogen) atoms.